The van der Waals surface area contributed by atoms with Gasteiger partial charge in [-0.15, -0.1) is 0 Å². The van der Waals surface area contributed by atoms with Crippen LogP contribution in [0, 0.1) is 34.5 Å². The van der Waals surface area contributed by atoms with Gasteiger partial charge in [0.05, 0.1) is 17.8 Å². The van der Waals surface area contributed by atoms with Gasteiger partial charge in [0.15, 0.2) is 11.9 Å². The second-order valence-electron chi connectivity index (χ2n) is 11.4. The molecule has 0 radical (unpaired) electrons. The highest BCUT2D eigenvalue weighted by molar-refractivity contribution is 6.09. The van der Waals surface area contributed by atoms with Crippen molar-refractivity contribution in [2.24, 2.45) is 28.5 Å². The minimum Gasteiger partial charge on any atom is -0.463 e. The number of H-pyrrole nitrogens is 1. The molecule has 1 aromatic carbocycles. The summed E-state index contributed by atoms with van der Waals surface area (Å²) in [5.41, 5.74) is 4.87. The number of hydrogen-bond donors (Lipinski definition) is 5. The number of hydrogen-bond acceptors (Lipinski definition) is 10. The predicted octanol–water partition coefficient (Wildman–Crippen LogP) is 1.94. The third-order valence-corrected chi connectivity index (χ3v) is 7.63. The lowest BCUT2D eigenvalue weighted by atomic mass is 9.92. The minimum atomic E-state index is -2.10. The number of ether oxygens (including phenoxy) is 3. The van der Waals surface area contributed by atoms with E-state index in [0.29, 0.717) is 0 Å². The topological polar surface area (TPSA) is 213 Å². The van der Waals surface area contributed by atoms with Crippen molar-refractivity contribution in [3.63, 3.8) is 0 Å². The van der Waals surface area contributed by atoms with Gasteiger partial charge in [-0.1, -0.05) is 65.0 Å². The third kappa shape index (κ3) is 7.76. The van der Waals surface area contributed by atoms with Crippen LogP contribution in [0.1, 0.15) is 51.6 Å². The number of rotatable bonds is 12. The number of aliphatic imine (C=N–C) groups is 1. The van der Waals surface area contributed by atoms with Crippen LogP contribution in [-0.4, -0.2) is 71.1 Å². The summed E-state index contributed by atoms with van der Waals surface area (Å²) in [6.07, 6.45) is -3.67. The maximum atomic E-state index is 12.8. The number of amides is 1. The van der Waals surface area contributed by atoms with Crippen LogP contribution in [0.25, 0.3) is 0 Å². The van der Waals surface area contributed by atoms with Crippen molar-refractivity contribution in [3.8, 4) is 6.07 Å². The van der Waals surface area contributed by atoms with Crippen molar-refractivity contribution in [3.05, 3.63) is 59.4 Å². The van der Waals surface area contributed by atoms with Gasteiger partial charge < -0.3 is 35.4 Å². The fourth-order valence-electron chi connectivity index (χ4n) is 4.45. The van der Waals surface area contributed by atoms with Crippen molar-refractivity contribution in [2.75, 3.05) is 6.61 Å². The van der Waals surface area contributed by atoms with Gasteiger partial charge in [0.1, 0.15) is 37.3 Å². The van der Waals surface area contributed by atoms with E-state index in [1.54, 1.807) is 45.0 Å². The molecule has 0 spiro atoms. The number of carbonyl (C=O) groups excluding carboxylic acids is 3. The molecule has 6 N–H and O–H groups in total. The first-order valence-corrected chi connectivity index (χ1v) is 14.3. The highest BCUT2D eigenvalue weighted by atomic mass is 16.6. The van der Waals surface area contributed by atoms with Crippen molar-refractivity contribution >= 4 is 30.0 Å². The third-order valence-electron chi connectivity index (χ3n) is 7.63. The first-order chi connectivity index (χ1) is 20.8. The maximum absolute atomic E-state index is 12.8. The van der Waals surface area contributed by atoms with Gasteiger partial charge in [0, 0.05) is 5.92 Å². The maximum Gasteiger partial charge on any atom is 0.323 e. The molecule has 6 atom stereocenters. The molecule has 44 heavy (non-hydrogen) atoms. The van der Waals surface area contributed by atoms with Crippen LogP contribution in [-0.2, 0) is 40.6 Å². The lowest BCUT2D eigenvalue weighted by Gasteiger charge is -2.25. The molecule has 1 fully saturated rings. The van der Waals surface area contributed by atoms with Crippen LogP contribution in [0.3, 0.4) is 0 Å². The molecular weight excluding hydrogens is 568 g/mol. The van der Waals surface area contributed by atoms with Gasteiger partial charge in [-0.3, -0.25) is 19.8 Å². The second-order valence-corrected chi connectivity index (χ2v) is 11.4. The van der Waals surface area contributed by atoms with E-state index in [4.69, 9.17) is 25.4 Å². The quantitative estimate of drug-likeness (QED) is 0.135. The van der Waals surface area contributed by atoms with Gasteiger partial charge in [0.25, 0.3) is 0 Å². The number of aliphatic hydroxyl groups is 1. The van der Waals surface area contributed by atoms with Gasteiger partial charge in [-0.05, 0) is 29.5 Å². The summed E-state index contributed by atoms with van der Waals surface area (Å²) in [4.78, 5) is 45.0. The summed E-state index contributed by atoms with van der Waals surface area (Å²) in [6, 6.07) is 12.8. The minimum absolute atomic E-state index is 0.0154. The van der Waals surface area contributed by atoms with Crippen molar-refractivity contribution in [1.29, 1.82) is 10.7 Å². The smallest absolute Gasteiger partial charge is 0.323 e. The number of aliphatic hydroxyl groups excluding tert-OH is 1. The van der Waals surface area contributed by atoms with E-state index in [-0.39, 0.29) is 47.3 Å². The molecule has 1 aliphatic heterocycles. The molecule has 13 heteroatoms. The van der Waals surface area contributed by atoms with E-state index in [1.165, 1.54) is 12.1 Å². The number of benzene rings is 1. The Morgan fingerprint density at radius 2 is 1.86 bits per heavy atom. The average Bonchev–Trinajstić information content (AvgIpc) is 3.59. The zero-order valence-electron chi connectivity index (χ0n) is 25.4. The van der Waals surface area contributed by atoms with Gasteiger partial charge in [0.2, 0.25) is 11.5 Å². The summed E-state index contributed by atoms with van der Waals surface area (Å²) in [7, 11) is 0. The summed E-state index contributed by atoms with van der Waals surface area (Å²) in [5.74, 6) is -2.32. The Hall–Kier alpha value is -4.38. The van der Waals surface area contributed by atoms with E-state index < -0.39 is 48.5 Å². The highest BCUT2D eigenvalue weighted by Crippen LogP contribution is 2.41. The Labute approximate surface area is 256 Å². The Kier molecular flexibility index (Phi) is 11.5. The predicted molar refractivity (Wildman–Crippen MR) is 160 cm³/mol. The van der Waals surface area contributed by atoms with Crippen LogP contribution in [0.4, 0.5) is 0 Å². The summed E-state index contributed by atoms with van der Waals surface area (Å²) >= 11 is 0. The largest absolute Gasteiger partial charge is 0.463 e. The summed E-state index contributed by atoms with van der Waals surface area (Å²) < 4.78 is 17.0. The lowest BCUT2D eigenvalue weighted by Crippen LogP contribution is -2.46. The molecule has 1 amide bonds. The van der Waals surface area contributed by atoms with E-state index in [9.17, 15) is 24.8 Å². The van der Waals surface area contributed by atoms with Crippen molar-refractivity contribution in [1.82, 2.24) is 10.3 Å². The van der Waals surface area contributed by atoms with Crippen LogP contribution < -0.4 is 11.1 Å². The normalized spacial score (nSPS) is 23.1. The number of nitrogens with zero attached hydrogens (tertiary/aromatic N) is 2. The zero-order chi connectivity index (χ0) is 32.6. The molecule has 3 rings (SSSR count). The number of aromatic nitrogens is 1. The molecule has 13 nitrogen and oxygen atoms in total. The number of nitriles is 1. The number of amidine groups is 1. The zero-order valence-corrected chi connectivity index (χ0v) is 25.4. The summed E-state index contributed by atoms with van der Waals surface area (Å²) in [5, 5.41) is 31.9. The van der Waals surface area contributed by atoms with Crippen LogP contribution >= 0.6 is 0 Å². The Bertz CT molecular complexity index is 1400. The highest BCUT2D eigenvalue weighted by Gasteiger charge is 2.59. The SMILES string of the molecule is CC(C)[C@H](C)C(=O)N/C(=N/C=N)c1ccc([C@]2(C#N)O[C@H](COC(=O)Cc3ccccc3)[C@@H](OC(=O)[C@@H](N)C(C)C)[C@H]2O)[nH]1. The van der Waals surface area contributed by atoms with Crippen LogP contribution in [0.2, 0.25) is 0 Å². The van der Waals surface area contributed by atoms with Crippen molar-refractivity contribution < 1.29 is 33.7 Å². The molecule has 1 saturated heterocycles. The van der Waals surface area contributed by atoms with Gasteiger partial charge in [-0.25, -0.2) is 4.99 Å². The molecule has 236 valence electrons. The molecule has 2 aromatic rings. The number of aromatic amines is 1. The summed E-state index contributed by atoms with van der Waals surface area (Å²) in [6.45, 7) is 8.57. The molecule has 1 aromatic heterocycles. The van der Waals surface area contributed by atoms with E-state index in [0.717, 1.165) is 11.9 Å². The standard InChI is InChI=1S/C31H40N6O7/c1-17(2)19(5)29(40)37-28(35-16-33)21-11-12-23(36-21)31(15-32)27(39)26(43-30(41)25(34)18(3)4)22(44-31)14-42-24(38)13-20-9-7-6-8-10-20/h6-12,16-19,22,25-27,36,39H,13-14,34H2,1-5H3,(H2,33,35,37,40)/t19-,22+,25-,26+,27+,31-/m0/s1. The first kappa shape index (κ1) is 34.1. The van der Waals surface area contributed by atoms with E-state index in [2.05, 4.69) is 15.3 Å². The lowest BCUT2D eigenvalue weighted by molar-refractivity contribution is -0.162. The second kappa shape index (κ2) is 14.9. The molecule has 2 heterocycles. The average molecular weight is 609 g/mol. The first-order valence-electron chi connectivity index (χ1n) is 14.3. The Morgan fingerprint density at radius 3 is 2.45 bits per heavy atom. The molecule has 1 aliphatic rings. The van der Waals surface area contributed by atoms with E-state index >= 15 is 0 Å². The fourth-order valence-corrected chi connectivity index (χ4v) is 4.45. The number of nitrogens with two attached hydrogens (primary N) is 1. The number of nitrogens with one attached hydrogen (secondary N) is 3. The Balaban J connectivity index is 1.90. The monoisotopic (exact) mass is 608 g/mol. The van der Waals surface area contributed by atoms with Crippen molar-refractivity contribution in [2.45, 2.75) is 71.0 Å². The number of esters is 2. The molecule has 0 saturated carbocycles. The van der Waals surface area contributed by atoms with Gasteiger partial charge in [-0.2, -0.15) is 5.26 Å². The van der Waals surface area contributed by atoms with Crippen LogP contribution in [0.5, 0.6) is 0 Å². The number of carbonyl (C=O) groups is 3. The van der Waals surface area contributed by atoms with Gasteiger partial charge >= 0.3 is 11.9 Å². The fraction of sp³-hybridized carbons (Fsp3) is 0.484. The molecule has 0 unspecified atom stereocenters. The van der Waals surface area contributed by atoms with E-state index in [1.807, 2.05) is 26.0 Å². The molecule has 0 aliphatic carbocycles. The molecule has 0 bridgehead atoms. The Morgan fingerprint density at radius 1 is 1.18 bits per heavy atom. The molecular formula is C31H40N6O7. The van der Waals surface area contributed by atoms with Crippen LogP contribution in [0.15, 0.2) is 47.5 Å².